The van der Waals surface area contributed by atoms with Gasteiger partial charge in [-0.3, -0.25) is 4.79 Å². The fraction of sp³-hybridized carbons (Fsp3) is 0.417. The number of esters is 1. The third kappa shape index (κ3) is 5.33. The van der Waals surface area contributed by atoms with Gasteiger partial charge in [0.2, 0.25) is 6.29 Å². The van der Waals surface area contributed by atoms with Crippen LogP contribution in [0.3, 0.4) is 0 Å². The van der Waals surface area contributed by atoms with Crippen molar-refractivity contribution in [3.05, 3.63) is 29.8 Å². The van der Waals surface area contributed by atoms with E-state index in [1.165, 1.54) is 26.0 Å². The monoisotopic (exact) mass is 240 g/mol. The third-order valence-electron chi connectivity index (χ3n) is 1.97. The first kappa shape index (κ1) is 13.5. The van der Waals surface area contributed by atoms with Crippen LogP contribution < -0.4 is 0 Å². The molecule has 0 aliphatic heterocycles. The molecule has 2 N–H and O–H groups in total. The normalized spacial score (nSPS) is 14.1. The van der Waals surface area contributed by atoms with E-state index in [2.05, 4.69) is 0 Å². The van der Waals surface area contributed by atoms with Crippen LogP contribution in [-0.4, -0.2) is 28.8 Å². The Balaban J connectivity index is 2.41. The van der Waals surface area contributed by atoms with Gasteiger partial charge in [-0.15, -0.1) is 0 Å². The number of phenols is 1. The molecule has 0 aliphatic rings. The minimum atomic E-state index is -0.980. The van der Waals surface area contributed by atoms with E-state index in [1.807, 2.05) is 0 Å². The first-order valence-corrected chi connectivity index (χ1v) is 5.28. The van der Waals surface area contributed by atoms with Gasteiger partial charge in [-0.05, 0) is 31.5 Å². The van der Waals surface area contributed by atoms with Gasteiger partial charge in [0, 0.05) is 0 Å². The summed E-state index contributed by atoms with van der Waals surface area (Å²) < 4.78 is 9.76. The molecule has 0 saturated carbocycles. The lowest BCUT2D eigenvalue weighted by Gasteiger charge is -2.15. The van der Waals surface area contributed by atoms with E-state index in [0.29, 0.717) is 0 Å². The van der Waals surface area contributed by atoms with Crippen LogP contribution in [0.25, 0.3) is 0 Å². The summed E-state index contributed by atoms with van der Waals surface area (Å²) in [4.78, 5) is 11.4. The Bertz CT molecular complexity index is 358. The predicted octanol–water partition coefficient (Wildman–Crippen LogP) is 1.18. The van der Waals surface area contributed by atoms with Gasteiger partial charge in [-0.1, -0.05) is 12.1 Å². The quantitative estimate of drug-likeness (QED) is 0.597. The van der Waals surface area contributed by atoms with Gasteiger partial charge < -0.3 is 19.7 Å². The lowest BCUT2D eigenvalue weighted by molar-refractivity contribution is -0.214. The number of aliphatic hydroxyl groups is 1. The number of benzene rings is 1. The SMILES string of the molecule is CC(O)OC(C)OC(=O)Cc1ccc(O)cc1. The van der Waals surface area contributed by atoms with E-state index < -0.39 is 18.5 Å². The van der Waals surface area contributed by atoms with E-state index >= 15 is 0 Å². The largest absolute Gasteiger partial charge is 0.508 e. The Kier molecular flexibility index (Phi) is 4.93. The van der Waals surface area contributed by atoms with E-state index in [4.69, 9.17) is 19.7 Å². The standard InChI is InChI=1S/C12H16O5/c1-8(13)16-9(2)17-12(15)7-10-3-5-11(14)6-4-10/h3-6,8-9,13-14H,7H2,1-2H3. The zero-order chi connectivity index (χ0) is 12.8. The molecule has 17 heavy (non-hydrogen) atoms. The molecule has 0 bridgehead atoms. The van der Waals surface area contributed by atoms with E-state index in [-0.39, 0.29) is 12.2 Å². The highest BCUT2D eigenvalue weighted by Crippen LogP contribution is 2.11. The second-order valence-electron chi connectivity index (χ2n) is 3.64. The number of hydrogen-bond acceptors (Lipinski definition) is 5. The summed E-state index contributed by atoms with van der Waals surface area (Å²) in [5.41, 5.74) is 0.733. The first-order valence-electron chi connectivity index (χ1n) is 5.28. The molecule has 2 unspecified atom stereocenters. The average molecular weight is 240 g/mol. The molecule has 5 heteroatoms. The second-order valence-corrected chi connectivity index (χ2v) is 3.64. The molecule has 1 aromatic carbocycles. The predicted molar refractivity (Wildman–Crippen MR) is 60.1 cm³/mol. The summed E-state index contributed by atoms with van der Waals surface area (Å²) in [6.45, 7) is 2.96. The molecule has 0 fully saturated rings. The Morgan fingerprint density at radius 3 is 2.41 bits per heavy atom. The van der Waals surface area contributed by atoms with Crippen molar-refractivity contribution >= 4 is 5.97 Å². The van der Waals surface area contributed by atoms with Gasteiger partial charge in [-0.2, -0.15) is 0 Å². The number of rotatable bonds is 5. The first-order chi connectivity index (χ1) is 7.97. The number of hydrogen-bond donors (Lipinski definition) is 2. The highest BCUT2D eigenvalue weighted by molar-refractivity contribution is 5.72. The number of carbonyl (C=O) groups is 1. The molecule has 5 nitrogen and oxygen atoms in total. The molecule has 94 valence electrons. The molecule has 1 aromatic rings. The Morgan fingerprint density at radius 2 is 1.88 bits per heavy atom. The molecule has 0 aliphatic carbocycles. The highest BCUT2D eigenvalue weighted by atomic mass is 16.7. The van der Waals surface area contributed by atoms with Crippen LogP contribution in [0.4, 0.5) is 0 Å². The summed E-state index contributed by atoms with van der Waals surface area (Å²) in [6.07, 6.45) is -1.68. The smallest absolute Gasteiger partial charge is 0.312 e. The Hall–Kier alpha value is -1.59. The van der Waals surface area contributed by atoms with Crippen LogP contribution in [0.1, 0.15) is 19.4 Å². The van der Waals surface area contributed by atoms with Crippen molar-refractivity contribution in [1.82, 2.24) is 0 Å². The van der Waals surface area contributed by atoms with Crippen molar-refractivity contribution in [3.63, 3.8) is 0 Å². The average Bonchev–Trinajstić information content (AvgIpc) is 2.19. The molecular formula is C12H16O5. The minimum absolute atomic E-state index is 0.0911. The number of ether oxygens (including phenoxy) is 2. The molecule has 0 radical (unpaired) electrons. The van der Waals surface area contributed by atoms with Crippen molar-refractivity contribution in [2.24, 2.45) is 0 Å². The maximum absolute atomic E-state index is 11.4. The fourth-order valence-electron chi connectivity index (χ4n) is 1.31. The van der Waals surface area contributed by atoms with Crippen molar-refractivity contribution in [3.8, 4) is 5.75 Å². The van der Waals surface area contributed by atoms with Gasteiger partial charge in [-0.25, -0.2) is 0 Å². The number of aromatic hydroxyl groups is 1. The van der Waals surface area contributed by atoms with Gasteiger partial charge in [0.05, 0.1) is 6.42 Å². The minimum Gasteiger partial charge on any atom is -0.508 e. The number of carbonyl (C=O) groups excluding carboxylic acids is 1. The molecule has 2 atom stereocenters. The molecule has 0 spiro atoms. The van der Waals surface area contributed by atoms with Crippen molar-refractivity contribution in [2.75, 3.05) is 0 Å². The maximum Gasteiger partial charge on any atom is 0.312 e. The van der Waals surface area contributed by atoms with Crippen molar-refractivity contribution in [2.45, 2.75) is 32.8 Å². The zero-order valence-electron chi connectivity index (χ0n) is 9.79. The van der Waals surface area contributed by atoms with E-state index in [0.717, 1.165) is 5.56 Å². The summed E-state index contributed by atoms with van der Waals surface area (Å²) in [5.74, 6) is -0.309. The zero-order valence-corrected chi connectivity index (χ0v) is 9.79. The molecule has 1 rings (SSSR count). The number of aliphatic hydroxyl groups excluding tert-OH is 1. The second kappa shape index (κ2) is 6.22. The molecule has 0 heterocycles. The molecule has 0 amide bonds. The Labute approximate surface area is 99.6 Å². The van der Waals surface area contributed by atoms with Crippen molar-refractivity contribution in [1.29, 1.82) is 0 Å². The van der Waals surface area contributed by atoms with Crippen LogP contribution in [0.5, 0.6) is 5.75 Å². The maximum atomic E-state index is 11.4. The topological polar surface area (TPSA) is 76.0 Å². The van der Waals surface area contributed by atoms with Gasteiger partial charge in [0.15, 0.2) is 6.29 Å². The number of phenolic OH excluding ortho intramolecular Hbond substituents is 1. The van der Waals surface area contributed by atoms with Gasteiger partial charge in [0.1, 0.15) is 5.75 Å². The van der Waals surface area contributed by atoms with Crippen LogP contribution >= 0.6 is 0 Å². The van der Waals surface area contributed by atoms with Crippen LogP contribution in [0.2, 0.25) is 0 Å². The molecular weight excluding hydrogens is 224 g/mol. The lowest BCUT2D eigenvalue weighted by atomic mass is 10.1. The van der Waals surface area contributed by atoms with Crippen LogP contribution in [0, 0.1) is 0 Å². The lowest BCUT2D eigenvalue weighted by Crippen LogP contribution is -2.23. The van der Waals surface area contributed by atoms with Crippen LogP contribution in [-0.2, 0) is 20.7 Å². The summed E-state index contributed by atoms with van der Waals surface area (Å²) in [6, 6.07) is 6.27. The van der Waals surface area contributed by atoms with Crippen molar-refractivity contribution < 1.29 is 24.5 Å². The van der Waals surface area contributed by atoms with E-state index in [1.54, 1.807) is 12.1 Å². The van der Waals surface area contributed by atoms with E-state index in [9.17, 15) is 4.79 Å². The van der Waals surface area contributed by atoms with Crippen LogP contribution in [0.15, 0.2) is 24.3 Å². The third-order valence-corrected chi connectivity index (χ3v) is 1.97. The summed E-state index contributed by atoms with van der Waals surface area (Å²) in [7, 11) is 0. The molecule has 0 aromatic heterocycles. The highest BCUT2D eigenvalue weighted by Gasteiger charge is 2.12. The summed E-state index contributed by atoms with van der Waals surface area (Å²) in [5, 5.41) is 18.0. The Morgan fingerprint density at radius 1 is 1.29 bits per heavy atom. The van der Waals surface area contributed by atoms with Gasteiger partial charge in [0.25, 0.3) is 0 Å². The fourth-order valence-corrected chi connectivity index (χ4v) is 1.31. The summed E-state index contributed by atoms with van der Waals surface area (Å²) >= 11 is 0. The van der Waals surface area contributed by atoms with Gasteiger partial charge >= 0.3 is 5.97 Å². The molecule has 0 saturated heterocycles.